The van der Waals surface area contributed by atoms with E-state index >= 15 is 0 Å². The highest BCUT2D eigenvalue weighted by molar-refractivity contribution is 6.00. The van der Waals surface area contributed by atoms with E-state index in [0.29, 0.717) is 12.1 Å². The second-order valence-electron chi connectivity index (χ2n) is 6.21. The number of carbonyl (C=O) groups is 2. The van der Waals surface area contributed by atoms with Gasteiger partial charge in [0.25, 0.3) is 0 Å². The molecule has 2 aromatic rings. The first-order valence-electron chi connectivity index (χ1n) is 8.54. The van der Waals surface area contributed by atoms with Crippen LogP contribution in [-0.2, 0) is 16.0 Å². The molecule has 0 aliphatic carbocycles. The van der Waals surface area contributed by atoms with Crippen molar-refractivity contribution >= 4 is 23.7 Å². The standard InChI is InChI=1S/C20H20FN3O2/c1-2-14-5-9-18(10-6-14)24-13-16(11-19(24)25)20(26)23-22-12-15-3-7-17(21)8-4-15/h3-10,12,16H,2,11,13H2,1H3,(H,23,26)/b22-12+. The summed E-state index contributed by atoms with van der Waals surface area (Å²) >= 11 is 0. The van der Waals surface area contributed by atoms with E-state index in [1.54, 1.807) is 17.0 Å². The van der Waals surface area contributed by atoms with Crippen LogP contribution in [0, 0.1) is 11.7 Å². The van der Waals surface area contributed by atoms with Crippen LogP contribution in [0.3, 0.4) is 0 Å². The Morgan fingerprint density at radius 1 is 1.23 bits per heavy atom. The number of benzene rings is 2. The van der Waals surface area contributed by atoms with E-state index in [1.165, 1.54) is 23.9 Å². The summed E-state index contributed by atoms with van der Waals surface area (Å²) in [7, 11) is 0. The highest BCUT2D eigenvalue weighted by Gasteiger charge is 2.35. The molecule has 1 heterocycles. The summed E-state index contributed by atoms with van der Waals surface area (Å²) < 4.78 is 12.8. The van der Waals surface area contributed by atoms with Gasteiger partial charge in [-0.3, -0.25) is 9.59 Å². The molecule has 6 heteroatoms. The lowest BCUT2D eigenvalue weighted by Crippen LogP contribution is -2.30. The summed E-state index contributed by atoms with van der Waals surface area (Å²) in [5.74, 6) is -1.15. The topological polar surface area (TPSA) is 61.8 Å². The van der Waals surface area contributed by atoms with Gasteiger partial charge in [0.1, 0.15) is 5.82 Å². The lowest BCUT2D eigenvalue weighted by molar-refractivity contribution is -0.126. The first-order chi connectivity index (χ1) is 12.6. The lowest BCUT2D eigenvalue weighted by atomic mass is 10.1. The monoisotopic (exact) mass is 353 g/mol. The van der Waals surface area contributed by atoms with E-state index in [1.807, 2.05) is 24.3 Å². The molecule has 2 aromatic carbocycles. The Balaban J connectivity index is 1.58. The third-order valence-electron chi connectivity index (χ3n) is 4.41. The Morgan fingerprint density at radius 3 is 2.58 bits per heavy atom. The molecule has 0 bridgehead atoms. The molecule has 0 radical (unpaired) electrons. The molecule has 1 N–H and O–H groups in total. The average Bonchev–Trinajstić information content (AvgIpc) is 3.05. The molecule has 5 nitrogen and oxygen atoms in total. The summed E-state index contributed by atoms with van der Waals surface area (Å²) in [6.07, 6.45) is 2.54. The molecule has 26 heavy (non-hydrogen) atoms. The molecule has 1 fully saturated rings. The molecular weight excluding hydrogens is 333 g/mol. The Morgan fingerprint density at radius 2 is 1.92 bits per heavy atom. The van der Waals surface area contributed by atoms with E-state index in [4.69, 9.17) is 0 Å². The maximum Gasteiger partial charge on any atom is 0.245 e. The minimum absolute atomic E-state index is 0.0723. The molecule has 134 valence electrons. The van der Waals surface area contributed by atoms with Crippen molar-refractivity contribution in [3.63, 3.8) is 0 Å². The molecule has 1 aliphatic rings. The summed E-state index contributed by atoms with van der Waals surface area (Å²) in [5, 5.41) is 3.88. The van der Waals surface area contributed by atoms with Crippen LogP contribution in [0.2, 0.25) is 0 Å². The molecular formula is C20H20FN3O2. The van der Waals surface area contributed by atoms with Gasteiger partial charge in [0, 0.05) is 18.7 Å². The normalized spacial score (nSPS) is 17.1. The molecule has 1 atom stereocenters. The molecule has 0 saturated carbocycles. The smallest absolute Gasteiger partial charge is 0.245 e. The number of hydrogen-bond acceptors (Lipinski definition) is 3. The number of hydrazone groups is 1. The van der Waals surface area contributed by atoms with Crippen molar-refractivity contribution in [2.24, 2.45) is 11.0 Å². The zero-order valence-electron chi connectivity index (χ0n) is 14.5. The van der Waals surface area contributed by atoms with Crippen LogP contribution in [0.15, 0.2) is 53.6 Å². The van der Waals surface area contributed by atoms with Crippen LogP contribution in [0.25, 0.3) is 0 Å². The maximum atomic E-state index is 12.8. The second kappa shape index (κ2) is 7.91. The van der Waals surface area contributed by atoms with Gasteiger partial charge in [-0.2, -0.15) is 5.10 Å². The minimum atomic E-state index is -0.446. The van der Waals surface area contributed by atoms with Gasteiger partial charge in [0.2, 0.25) is 11.8 Å². The predicted molar refractivity (Wildman–Crippen MR) is 98.4 cm³/mol. The van der Waals surface area contributed by atoms with Crippen molar-refractivity contribution in [2.45, 2.75) is 19.8 Å². The minimum Gasteiger partial charge on any atom is -0.312 e. The van der Waals surface area contributed by atoms with Gasteiger partial charge in [-0.25, -0.2) is 9.82 Å². The molecule has 1 unspecified atom stereocenters. The fourth-order valence-corrected chi connectivity index (χ4v) is 2.85. The highest BCUT2D eigenvalue weighted by Crippen LogP contribution is 2.25. The third-order valence-corrected chi connectivity index (χ3v) is 4.41. The quantitative estimate of drug-likeness (QED) is 0.664. The van der Waals surface area contributed by atoms with Gasteiger partial charge in [0.15, 0.2) is 0 Å². The number of halogens is 1. The van der Waals surface area contributed by atoms with Crippen molar-refractivity contribution in [1.29, 1.82) is 0 Å². The fraction of sp³-hybridized carbons (Fsp3) is 0.250. The zero-order chi connectivity index (χ0) is 18.5. The number of nitrogens with one attached hydrogen (secondary N) is 1. The van der Waals surface area contributed by atoms with Gasteiger partial charge in [-0.05, 0) is 41.8 Å². The lowest BCUT2D eigenvalue weighted by Gasteiger charge is -2.16. The maximum absolute atomic E-state index is 12.8. The molecule has 0 spiro atoms. The van der Waals surface area contributed by atoms with Gasteiger partial charge in [-0.15, -0.1) is 0 Å². The van der Waals surface area contributed by atoms with Gasteiger partial charge in [-0.1, -0.05) is 31.2 Å². The van der Waals surface area contributed by atoms with E-state index in [2.05, 4.69) is 17.5 Å². The van der Waals surface area contributed by atoms with Crippen molar-refractivity contribution in [3.05, 3.63) is 65.5 Å². The van der Waals surface area contributed by atoms with Gasteiger partial charge >= 0.3 is 0 Å². The van der Waals surface area contributed by atoms with Crippen molar-refractivity contribution in [1.82, 2.24) is 5.43 Å². The molecule has 1 saturated heterocycles. The number of nitrogens with zero attached hydrogens (tertiary/aromatic N) is 2. The number of amides is 2. The van der Waals surface area contributed by atoms with Gasteiger partial charge < -0.3 is 4.90 Å². The Hall–Kier alpha value is -3.02. The summed E-state index contributed by atoms with van der Waals surface area (Å²) in [5.41, 5.74) is 5.13. The highest BCUT2D eigenvalue weighted by atomic mass is 19.1. The fourth-order valence-electron chi connectivity index (χ4n) is 2.85. The Kier molecular flexibility index (Phi) is 5.41. The van der Waals surface area contributed by atoms with E-state index in [-0.39, 0.29) is 24.1 Å². The largest absolute Gasteiger partial charge is 0.312 e. The first-order valence-corrected chi connectivity index (χ1v) is 8.54. The van der Waals surface area contributed by atoms with Crippen LogP contribution in [-0.4, -0.2) is 24.6 Å². The number of rotatable bonds is 5. The van der Waals surface area contributed by atoms with Crippen molar-refractivity contribution < 1.29 is 14.0 Å². The van der Waals surface area contributed by atoms with Gasteiger partial charge in [0.05, 0.1) is 12.1 Å². The number of hydrogen-bond donors (Lipinski definition) is 1. The van der Waals surface area contributed by atoms with Crippen molar-refractivity contribution in [2.75, 3.05) is 11.4 Å². The Labute approximate surface area is 151 Å². The van der Waals surface area contributed by atoms with E-state index in [9.17, 15) is 14.0 Å². The number of anilines is 1. The Bertz CT molecular complexity index is 816. The van der Waals surface area contributed by atoms with Crippen LogP contribution in [0.5, 0.6) is 0 Å². The first kappa shape index (κ1) is 17.8. The number of carbonyl (C=O) groups excluding carboxylic acids is 2. The molecule has 1 aliphatic heterocycles. The average molecular weight is 353 g/mol. The number of aryl methyl sites for hydroxylation is 1. The third kappa shape index (κ3) is 4.14. The van der Waals surface area contributed by atoms with Crippen molar-refractivity contribution in [3.8, 4) is 0 Å². The molecule has 0 aromatic heterocycles. The van der Waals surface area contributed by atoms with Crippen LogP contribution >= 0.6 is 0 Å². The van der Waals surface area contributed by atoms with Crippen LogP contribution in [0.1, 0.15) is 24.5 Å². The summed E-state index contributed by atoms with van der Waals surface area (Å²) in [4.78, 5) is 26.1. The SMILES string of the molecule is CCc1ccc(N2CC(C(=O)N/N=C/c3ccc(F)cc3)CC2=O)cc1. The molecule has 3 rings (SSSR count). The second-order valence-corrected chi connectivity index (χ2v) is 6.21. The van der Waals surface area contributed by atoms with Crippen LogP contribution in [0.4, 0.5) is 10.1 Å². The zero-order valence-corrected chi connectivity index (χ0v) is 14.5. The summed E-state index contributed by atoms with van der Waals surface area (Å²) in [6, 6.07) is 13.6. The van der Waals surface area contributed by atoms with Crippen LogP contribution < -0.4 is 10.3 Å². The van der Waals surface area contributed by atoms with E-state index < -0.39 is 5.92 Å². The summed E-state index contributed by atoms with van der Waals surface area (Å²) in [6.45, 7) is 2.41. The predicted octanol–water partition coefficient (Wildman–Crippen LogP) is 2.89. The molecule has 2 amide bonds. The van der Waals surface area contributed by atoms with E-state index in [0.717, 1.165) is 12.1 Å².